The van der Waals surface area contributed by atoms with E-state index in [1.165, 1.54) is 99.1 Å². The first kappa shape index (κ1) is 103. The van der Waals surface area contributed by atoms with E-state index in [0.717, 1.165) is 105 Å². The topological polar surface area (TPSA) is 122 Å². The summed E-state index contributed by atoms with van der Waals surface area (Å²) in [5.74, 6) is 7.15. The molecule has 0 amide bonds. The third kappa shape index (κ3) is 34.2. The van der Waals surface area contributed by atoms with Crippen LogP contribution in [0.2, 0.25) is 0 Å². The highest BCUT2D eigenvalue weighted by atomic mass is 16.7. The lowest BCUT2D eigenvalue weighted by Crippen LogP contribution is -2.32. The predicted octanol–water partition coefficient (Wildman–Crippen LogP) is 31.0. The number of unbranched alkanes of at least 4 members (excludes halogenated alkanes) is 1. The van der Waals surface area contributed by atoms with Crippen molar-refractivity contribution in [2.45, 2.75) is 276 Å². The summed E-state index contributed by atoms with van der Waals surface area (Å²) in [4.78, 5) is 0. The lowest BCUT2D eigenvalue weighted by Gasteiger charge is -2.27. The molecular formula is C118H148O12. The zero-order chi connectivity index (χ0) is 93.2. The van der Waals surface area contributed by atoms with Gasteiger partial charge in [-0.25, -0.2) is 0 Å². The van der Waals surface area contributed by atoms with Gasteiger partial charge in [0.15, 0.2) is 25.2 Å². The van der Waals surface area contributed by atoms with Crippen LogP contribution in [-0.4, -0.2) is 63.0 Å². The molecule has 1 N–H and O–H groups in total. The van der Waals surface area contributed by atoms with Crippen LogP contribution in [0.3, 0.4) is 0 Å². The van der Waals surface area contributed by atoms with E-state index in [4.69, 9.17) is 52.1 Å². The highest BCUT2D eigenvalue weighted by Crippen LogP contribution is 2.34. The number of methoxy groups -OCH3 is 1. The van der Waals surface area contributed by atoms with Crippen LogP contribution >= 0.6 is 0 Å². The number of aliphatic hydroxyl groups excluding tert-OH is 1. The van der Waals surface area contributed by atoms with Gasteiger partial charge in [-0.2, -0.15) is 0 Å². The molecule has 0 spiro atoms. The van der Waals surface area contributed by atoms with Crippen molar-refractivity contribution in [1.29, 1.82) is 0 Å². The first-order chi connectivity index (χ1) is 62.9. The Morgan fingerprint density at radius 1 is 0.315 bits per heavy atom. The smallest absolute Gasteiger partial charge is 0.204 e. The normalized spacial score (nSPS) is 13.3. The molecular weight excluding hydrogens is 1610 g/mol. The molecule has 0 aliphatic heterocycles. The maximum Gasteiger partial charge on any atom is 0.204 e. The minimum Gasteiger partial charge on any atom is -0.497 e. The predicted molar refractivity (Wildman–Crippen MR) is 540 cm³/mol. The average molecular weight is 1760 g/mol. The van der Waals surface area contributed by atoms with Gasteiger partial charge in [-0.05, 0) is 295 Å². The molecule has 13 aromatic carbocycles. The van der Waals surface area contributed by atoms with E-state index < -0.39 is 5.79 Å². The zero-order valence-electron chi connectivity index (χ0n) is 81.3. The fourth-order valence-electron chi connectivity index (χ4n) is 15.3. The summed E-state index contributed by atoms with van der Waals surface area (Å²) in [6.45, 7) is 41.2. The number of aryl methyl sites for hydroxylation is 3. The van der Waals surface area contributed by atoms with Crippen LogP contribution in [0.4, 0.5) is 0 Å². The number of benzene rings is 13. The van der Waals surface area contributed by atoms with E-state index in [1.54, 1.807) is 7.11 Å². The highest BCUT2D eigenvalue weighted by Gasteiger charge is 2.22. The van der Waals surface area contributed by atoms with Gasteiger partial charge in [0.2, 0.25) is 5.79 Å². The summed E-state index contributed by atoms with van der Waals surface area (Å²) in [6, 6.07) is 98.6. The second-order valence-corrected chi connectivity index (χ2v) is 34.8. The van der Waals surface area contributed by atoms with Gasteiger partial charge >= 0.3 is 0 Å². The van der Waals surface area contributed by atoms with Crippen LogP contribution in [-0.2, 0) is 62.8 Å². The maximum absolute atomic E-state index is 9.74. The summed E-state index contributed by atoms with van der Waals surface area (Å²) >= 11 is 0. The Morgan fingerprint density at radius 2 is 0.731 bits per heavy atom. The Bertz CT molecular complexity index is 5280. The third-order valence-electron chi connectivity index (χ3n) is 24.3. The van der Waals surface area contributed by atoms with Gasteiger partial charge < -0.3 is 57.2 Å². The molecule has 13 rings (SSSR count). The molecule has 0 saturated carbocycles. The van der Waals surface area contributed by atoms with Crippen molar-refractivity contribution in [2.24, 2.45) is 0 Å². The molecule has 0 heterocycles. The van der Waals surface area contributed by atoms with Crippen molar-refractivity contribution in [3.05, 3.63) is 357 Å². The van der Waals surface area contributed by atoms with Crippen molar-refractivity contribution in [2.75, 3.05) is 26.9 Å². The Kier molecular flexibility index (Phi) is 43.4. The molecule has 0 aliphatic rings. The maximum atomic E-state index is 9.74. The van der Waals surface area contributed by atoms with Crippen LogP contribution in [0.25, 0.3) is 32.3 Å². The second kappa shape index (κ2) is 54.8. The number of hydrogen-bond donors (Lipinski definition) is 1. The number of rotatable bonds is 43. The molecule has 0 fully saturated rings. The van der Waals surface area contributed by atoms with Gasteiger partial charge in [-0.3, -0.25) is 0 Å². The summed E-state index contributed by atoms with van der Waals surface area (Å²) in [5.41, 5.74) is 16.3. The third-order valence-corrected chi connectivity index (χ3v) is 24.3. The van der Waals surface area contributed by atoms with E-state index >= 15 is 0 Å². The Hall–Kier alpha value is -10.8. The average Bonchev–Trinajstić information content (AvgIpc) is 0.774. The molecule has 692 valence electrons. The largest absolute Gasteiger partial charge is 0.497 e. The Morgan fingerprint density at radius 3 is 1.22 bits per heavy atom. The number of hydrogen-bond acceptors (Lipinski definition) is 12. The molecule has 0 aliphatic carbocycles. The van der Waals surface area contributed by atoms with E-state index in [1.807, 2.05) is 114 Å². The van der Waals surface area contributed by atoms with Crippen LogP contribution in [0.15, 0.2) is 285 Å². The van der Waals surface area contributed by atoms with Crippen LogP contribution in [0.1, 0.15) is 264 Å². The molecule has 0 saturated heterocycles. The fraction of sp³-hybridized carbons (Fsp3) is 0.390. The first-order valence-electron chi connectivity index (χ1n) is 47.6. The minimum atomic E-state index is -0.607. The van der Waals surface area contributed by atoms with Gasteiger partial charge in [0.05, 0.1) is 46.8 Å². The lowest BCUT2D eigenvalue weighted by molar-refractivity contribution is -0.156. The molecule has 0 aromatic heterocycles. The SMILES string of the molecule is CCC(C)c1ccc(OC(C)(C)OCCCCc2ccccc2)cc1.CCC(C)c1ccc(OC(C)OCCc2ccc(OC)cc2)cc1.CCC(C)c1ccc(OC(C)OCc2c3ccccc3cc3ccccc23)cc1.CCC(C)c1ccc(OC(C)OCc2cccc3ccccc23)cc1.CCC(OCCc1cc(C)cc(C)c1)Oc1ccc(C(C)CC)cc1CO. The van der Waals surface area contributed by atoms with E-state index in [0.29, 0.717) is 68.4 Å². The molecule has 0 radical (unpaired) electrons. The lowest BCUT2D eigenvalue weighted by atomic mass is 9.96. The summed E-state index contributed by atoms with van der Waals surface area (Å²) in [5, 5.41) is 17.1. The monoisotopic (exact) mass is 1760 g/mol. The second-order valence-electron chi connectivity index (χ2n) is 34.8. The van der Waals surface area contributed by atoms with Gasteiger partial charge in [0.25, 0.3) is 0 Å². The quantitative estimate of drug-likeness (QED) is 0.0222. The van der Waals surface area contributed by atoms with Crippen molar-refractivity contribution in [3.8, 4) is 34.5 Å². The van der Waals surface area contributed by atoms with Gasteiger partial charge in [-0.15, -0.1) is 0 Å². The number of fused-ring (bicyclic) bond motifs is 3. The van der Waals surface area contributed by atoms with Gasteiger partial charge in [-0.1, -0.05) is 294 Å². The summed E-state index contributed by atoms with van der Waals surface area (Å²) < 4.78 is 64.7. The van der Waals surface area contributed by atoms with Crippen molar-refractivity contribution < 1.29 is 57.2 Å². The first-order valence-corrected chi connectivity index (χ1v) is 47.6. The molecule has 130 heavy (non-hydrogen) atoms. The number of aliphatic hydroxyl groups is 1. The molecule has 9 unspecified atom stereocenters. The van der Waals surface area contributed by atoms with Crippen molar-refractivity contribution in [1.82, 2.24) is 0 Å². The molecule has 13 aromatic rings. The van der Waals surface area contributed by atoms with Crippen molar-refractivity contribution >= 4 is 32.3 Å². The molecule has 12 heteroatoms. The molecule has 12 nitrogen and oxygen atoms in total. The Labute approximate surface area is 779 Å². The summed E-state index contributed by atoms with van der Waals surface area (Å²) in [6.07, 6.45) is 10.2. The van der Waals surface area contributed by atoms with Crippen LogP contribution < -0.4 is 28.4 Å². The van der Waals surface area contributed by atoms with E-state index in [9.17, 15) is 5.11 Å². The fourth-order valence-corrected chi connectivity index (χ4v) is 15.3. The van der Waals surface area contributed by atoms with Gasteiger partial charge in [0, 0.05) is 25.8 Å². The van der Waals surface area contributed by atoms with Gasteiger partial charge in [0.1, 0.15) is 34.5 Å². The summed E-state index contributed by atoms with van der Waals surface area (Å²) in [7, 11) is 1.67. The van der Waals surface area contributed by atoms with Crippen LogP contribution in [0, 0.1) is 13.8 Å². The molecule has 9 atom stereocenters. The molecule has 0 bridgehead atoms. The van der Waals surface area contributed by atoms with E-state index in [2.05, 4.69) is 295 Å². The van der Waals surface area contributed by atoms with E-state index in [-0.39, 0.29) is 31.8 Å². The van der Waals surface area contributed by atoms with Crippen LogP contribution in [0.5, 0.6) is 34.5 Å². The minimum absolute atomic E-state index is 0.0292. The zero-order valence-corrected chi connectivity index (χ0v) is 81.3. The standard InChI is InChI=1S/C27H28O2.C24H34O3.C23H26O2.C23H32O2.C21H28O3/c1-4-19(2)21-13-15-24(16-14-21)29-20(3)28-18-27-25-11-7-5-9-22(25)17-23-10-6-8-12-26(23)27;1-6-19(5)21-8-9-23(22(15-21)16-25)27-24(7-2)26-11-10-20-13-17(3)12-18(4)14-20;1-4-17(2)19-12-14-22(15-13-19)25-18(3)24-16-21-10-7-9-20-8-5-6-11-23(20)21;1-5-19(2)21-14-16-22(17-15-21)25-23(3,4)24-18-10-9-13-20-11-7-6-8-12-20;1-5-16(2)19-8-12-21(13-9-19)24-17(3)23-15-14-18-6-10-20(22-4)11-7-18/h5-17,19-20H,4,18H2,1-3H3;8-9,12-15,19,24-25H,6-7,10-11,16H2,1-5H3;5-15,17-18H,4,16H2,1-3H3;6-8,11-12,14-17,19H,5,9-10,13,18H2,1-4H3;6-13,16-17H,5,14-15H2,1-4H3. The highest BCUT2D eigenvalue weighted by molar-refractivity contribution is 6.02. The van der Waals surface area contributed by atoms with Crippen molar-refractivity contribution in [3.63, 3.8) is 0 Å². The Balaban J connectivity index is 0.000000183. The number of ether oxygens (including phenoxy) is 11.